The molecule has 0 saturated carbocycles. The van der Waals surface area contributed by atoms with Crippen LogP contribution in [0.5, 0.6) is 11.5 Å². The van der Waals surface area contributed by atoms with E-state index in [1.165, 1.54) is 0 Å². The number of rotatable bonds is 5. The second-order valence-corrected chi connectivity index (χ2v) is 6.00. The smallest absolute Gasteiger partial charge is 0.205 e. The van der Waals surface area contributed by atoms with E-state index in [1.807, 2.05) is 30.3 Å². The third-order valence-electron chi connectivity index (χ3n) is 4.20. The number of hydrogen-bond donors (Lipinski definition) is 2. The predicted molar refractivity (Wildman–Crippen MR) is 97.0 cm³/mol. The van der Waals surface area contributed by atoms with Crippen molar-refractivity contribution in [3.8, 4) is 17.6 Å². The molecule has 0 spiro atoms. The van der Waals surface area contributed by atoms with Crippen molar-refractivity contribution in [2.75, 3.05) is 12.3 Å². The number of ether oxygens (including phenoxy) is 2. The van der Waals surface area contributed by atoms with Gasteiger partial charge in [-0.1, -0.05) is 31.5 Å². The Kier molecular flexibility index (Phi) is 4.80. The fourth-order valence-corrected chi connectivity index (χ4v) is 2.93. The number of allylic oxidation sites excluding steroid dienone is 1. The van der Waals surface area contributed by atoms with Crippen molar-refractivity contribution in [3.63, 3.8) is 0 Å². The third kappa shape index (κ3) is 3.38. The van der Waals surface area contributed by atoms with Gasteiger partial charge < -0.3 is 20.9 Å². The van der Waals surface area contributed by atoms with Crippen molar-refractivity contribution < 1.29 is 9.47 Å². The summed E-state index contributed by atoms with van der Waals surface area (Å²) in [6.45, 7) is 2.79. The van der Waals surface area contributed by atoms with Crippen LogP contribution in [-0.2, 0) is 0 Å². The minimum atomic E-state index is -0.302. The van der Waals surface area contributed by atoms with E-state index in [2.05, 4.69) is 13.0 Å². The van der Waals surface area contributed by atoms with Gasteiger partial charge in [0.1, 0.15) is 23.1 Å². The van der Waals surface area contributed by atoms with E-state index in [1.54, 1.807) is 12.1 Å². The average molecular weight is 335 g/mol. The molecule has 0 radical (unpaired) electrons. The molecule has 5 heteroatoms. The Morgan fingerprint density at radius 2 is 2.04 bits per heavy atom. The molecular weight excluding hydrogens is 314 g/mol. The lowest BCUT2D eigenvalue weighted by Gasteiger charge is -2.26. The summed E-state index contributed by atoms with van der Waals surface area (Å²) in [6, 6.07) is 15.4. The minimum absolute atomic E-state index is 0.114. The van der Waals surface area contributed by atoms with Gasteiger partial charge in [-0.25, -0.2) is 0 Å². The first kappa shape index (κ1) is 16.7. The van der Waals surface area contributed by atoms with E-state index in [-0.39, 0.29) is 11.8 Å². The minimum Gasteiger partial charge on any atom is -0.494 e. The molecule has 4 N–H and O–H groups in total. The van der Waals surface area contributed by atoms with Crippen molar-refractivity contribution in [2.24, 2.45) is 5.73 Å². The van der Waals surface area contributed by atoms with Crippen LogP contribution in [0.3, 0.4) is 0 Å². The highest BCUT2D eigenvalue weighted by Crippen LogP contribution is 2.43. The van der Waals surface area contributed by atoms with Crippen LogP contribution in [0.2, 0.25) is 0 Å². The van der Waals surface area contributed by atoms with Crippen molar-refractivity contribution in [3.05, 3.63) is 65.0 Å². The molecule has 1 atom stereocenters. The number of nitriles is 1. The molecule has 0 saturated heterocycles. The average Bonchev–Trinajstić information content (AvgIpc) is 2.61. The van der Waals surface area contributed by atoms with Crippen LogP contribution in [0.25, 0.3) is 0 Å². The van der Waals surface area contributed by atoms with E-state index in [9.17, 15) is 5.26 Å². The monoisotopic (exact) mass is 335 g/mol. The van der Waals surface area contributed by atoms with E-state index >= 15 is 0 Å². The quantitative estimate of drug-likeness (QED) is 0.642. The number of benzene rings is 2. The van der Waals surface area contributed by atoms with Crippen molar-refractivity contribution in [2.45, 2.75) is 25.7 Å². The molecule has 1 aliphatic heterocycles. The summed E-state index contributed by atoms with van der Waals surface area (Å²) >= 11 is 0. The van der Waals surface area contributed by atoms with E-state index in [4.69, 9.17) is 20.9 Å². The lowest BCUT2D eigenvalue weighted by Crippen LogP contribution is -2.21. The Bertz CT molecular complexity index is 852. The molecule has 25 heavy (non-hydrogen) atoms. The molecule has 0 bridgehead atoms. The topological polar surface area (TPSA) is 94.3 Å². The van der Waals surface area contributed by atoms with Gasteiger partial charge in [-0.3, -0.25) is 0 Å². The van der Waals surface area contributed by atoms with Gasteiger partial charge >= 0.3 is 0 Å². The molecule has 0 fully saturated rings. The standard InChI is InChI=1S/C20H21N3O2/c1-2-3-9-24-15-6-4-5-13(10-15)19-16-8-7-14(22)11-18(16)25-20(23)17(19)12-21/h4-8,10-11,19H,2-3,9,22-23H2,1H3/t19-/m1/s1. The summed E-state index contributed by atoms with van der Waals surface area (Å²) in [4.78, 5) is 0. The highest BCUT2D eigenvalue weighted by Gasteiger charge is 2.30. The third-order valence-corrected chi connectivity index (χ3v) is 4.20. The molecule has 0 amide bonds. The normalized spacial score (nSPS) is 15.9. The first-order valence-electron chi connectivity index (χ1n) is 8.33. The Balaban J connectivity index is 2.03. The van der Waals surface area contributed by atoms with Crippen LogP contribution in [0, 0.1) is 11.3 Å². The van der Waals surface area contributed by atoms with Crippen LogP contribution in [0.15, 0.2) is 53.9 Å². The predicted octanol–water partition coefficient (Wildman–Crippen LogP) is 3.67. The van der Waals surface area contributed by atoms with Gasteiger partial charge in [0.2, 0.25) is 5.88 Å². The molecule has 1 aliphatic rings. The Morgan fingerprint density at radius 3 is 2.80 bits per heavy atom. The Labute approximate surface area is 147 Å². The zero-order valence-corrected chi connectivity index (χ0v) is 14.2. The van der Waals surface area contributed by atoms with E-state index in [0.717, 1.165) is 29.7 Å². The number of nitrogen functional groups attached to an aromatic ring is 1. The number of unbranched alkanes of at least 4 members (excludes halogenated alkanes) is 1. The molecular formula is C20H21N3O2. The van der Waals surface area contributed by atoms with Gasteiger partial charge in [-0.05, 0) is 30.2 Å². The van der Waals surface area contributed by atoms with Crippen molar-refractivity contribution in [1.29, 1.82) is 5.26 Å². The zero-order chi connectivity index (χ0) is 17.8. The maximum Gasteiger partial charge on any atom is 0.205 e. The molecule has 128 valence electrons. The van der Waals surface area contributed by atoms with Crippen molar-refractivity contribution >= 4 is 5.69 Å². The van der Waals surface area contributed by atoms with E-state index in [0.29, 0.717) is 23.6 Å². The van der Waals surface area contributed by atoms with Gasteiger partial charge in [0.25, 0.3) is 0 Å². The number of nitrogens with zero attached hydrogens (tertiary/aromatic N) is 1. The fourth-order valence-electron chi connectivity index (χ4n) is 2.93. The zero-order valence-electron chi connectivity index (χ0n) is 14.2. The van der Waals surface area contributed by atoms with Crippen LogP contribution in [-0.4, -0.2) is 6.61 Å². The van der Waals surface area contributed by atoms with Gasteiger partial charge in [0.15, 0.2) is 0 Å². The lowest BCUT2D eigenvalue weighted by molar-refractivity contribution is 0.309. The van der Waals surface area contributed by atoms with Gasteiger partial charge in [0.05, 0.1) is 12.5 Å². The van der Waals surface area contributed by atoms with Crippen LogP contribution < -0.4 is 20.9 Å². The largest absolute Gasteiger partial charge is 0.494 e. The Hall–Kier alpha value is -3.13. The van der Waals surface area contributed by atoms with Crippen LogP contribution >= 0.6 is 0 Å². The second kappa shape index (κ2) is 7.18. The summed E-state index contributed by atoms with van der Waals surface area (Å²) in [7, 11) is 0. The summed E-state index contributed by atoms with van der Waals surface area (Å²) in [5.41, 5.74) is 14.6. The SMILES string of the molecule is CCCCOc1cccc([C@H]2C(C#N)=C(N)Oc3cc(N)ccc32)c1. The molecule has 3 rings (SSSR count). The first-order chi connectivity index (χ1) is 12.1. The van der Waals surface area contributed by atoms with Gasteiger partial charge in [-0.15, -0.1) is 0 Å². The molecule has 2 aromatic carbocycles. The van der Waals surface area contributed by atoms with Crippen LogP contribution in [0.4, 0.5) is 5.69 Å². The molecule has 0 unspecified atom stereocenters. The number of hydrogen-bond acceptors (Lipinski definition) is 5. The maximum absolute atomic E-state index is 9.59. The second-order valence-electron chi connectivity index (χ2n) is 6.00. The Morgan fingerprint density at radius 1 is 1.20 bits per heavy atom. The molecule has 1 heterocycles. The summed E-state index contributed by atoms with van der Waals surface area (Å²) in [6.07, 6.45) is 2.08. The molecule has 5 nitrogen and oxygen atoms in total. The van der Waals surface area contributed by atoms with E-state index < -0.39 is 0 Å². The number of nitrogens with two attached hydrogens (primary N) is 2. The summed E-state index contributed by atoms with van der Waals surface area (Å²) < 4.78 is 11.4. The van der Waals surface area contributed by atoms with Gasteiger partial charge in [-0.2, -0.15) is 5.26 Å². The first-order valence-corrected chi connectivity index (χ1v) is 8.33. The van der Waals surface area contributed by atoms with Gasteiger partial charge in [0, 0.05) is 17.3 Å². The lowest BCUT2D eigenvalue weighted by atomic mass is 9.83. The molecule has 0 aliphatic carbocycles. The summed E-state index contributed by atoms with van der Waals surface area (Å²) in [5, 5.41) is 9.59. The maximum atomic E-state index is 9.59. The highest BCUT2D eigenvalue weighted by atomic mass is 16.5. The van der Waals surface area contributed by atoms with Crippen LogP contribution in [0.1, 0.15) is 36.8 Å². The molecule has 0 aromatic heterocycles. The highest BCUT2D eigenvalue weighted by molar-refractivity contribution is 5.59. The number of fused-ring (bicyclic) bond motifs is 1. The number of anilines is 1. The fraction of sp³-hybridized carbons (Fsp3) is 0.250. The molecule has 2 aromatic rings. The van der Waals surface area contributed by atoms with Crippen molar-refractivity contribution in [1.82, 2.24) is 0 Å². The summed E-state index contributed by atoms with van der Waals surface area (Å²) in [5.74, 6) is 1.18.